The van der Waals surface area contributed by atoms with Crippen LogP contribution < -0.4 is 20.5 Å². The number of hydrogen-bond donors (Lipinski definition) is 2. The summed E-state index contributed by atoms with van der Waals surface area (Å²) in [5.74, 6) is 0.973. The smallest absolute Gasteiger partial charge is 0.244 e. The average molecular weight is 303 g/mol. The second-order valence-corrected chi connectivity index (χ2v) is 4.69. The molecule has 1 aromatic carbocycles. The minimum atomic E-state index is -0.873. The molecule has 1 atom stereocenters. The number of nitrogens with two attached hydrogens (primary N) is 1. The van der Waals surface area contributed by atoms with Crippen molar-refractivity contribution >= 4 is 24.0 Å². The van der Waals surface area contributed by atoms with Crippen molar-refractivity contribution in [3.63, 3.8) is 0 Å². The Kier molecular flexibility index (Phi) is 7.39. The summed E-state index contributed by atoms with van der Waals surface area (Å²) in [6.45, 7) is 3.72. The van der Waals surface area contributed by atoms with Crippen LogP contribution in [0.2, 0.25) is 0 Å². The van der Waals surface area contributed by atoms with Crippen LogP contribution >= 0.6 is 12.4 Å². The molecule has 0 radical (unpaired) electrons. The highest BCUT2D eigenvalue weighted by molar-refractivity contribution is 5.97. The van der Waals surface area contributed by atoms with E-state index < -0.39 is 5.54 Å². The average Bonchev–Trinajstić information content (AvgIpc) is 2.38. The molecule has 0 spiro atoms. The summed E-state index contributed by atoms with van der Waals surface area (Å²) in [6, 6.07) is 5.20. The second kappa shape index (κ2) is 7.97. The SMILES string of the molecule is CCCC(C)(N)C(=O)Nc1ccc(OC)c(OC)c1.Cl. The van der Waals surface area contributed by atoms with Gasteiger partial charge in [-0.2, -0.15) is 0 Å². The van der Waals surface area contributed by atoms with Gasteiger partial charge in [0.25, 0.3) is 0 Å². The molecule has 0 aliphatic rings. The maximum absolute atomic E-state index is 12.1. The van der Waals surface area contributed by atoms with Gasteiger partial charge in [0.05, 0.1) is 19.8 Å². The fraction of sp³-hybridized carbons (Fsp3) is 0.500. The van der Waals surface area contributed by atoms with Gasteiger partial charge in [0.15, 0.2) is 11.5 Å². The maximum Gasteiger partial charge on any atom is 0.244 e. The van der Waals surface area contributed by atoms with Crippen LogP contribution in [0, 0.1) is 0 Å². The Bertz CT molecular complexity index is 450. The molecule has 0 bridgehead atoms. The van der Waals surface area contributed by atoms with E-state index >= 15 is 0 Å². The van der Waals surface area contributed by atoms with Crippen molar-refractivity contribution in [2.24, 2.45) is 5.73 Å². The number of halogens is 1. The number of carbonyl (C=O) groups is 1. The predicted molar refractivity (Wildman–Crippen MR) is 82.9 cm³/mol. The summed E-state index contributed by atoms with van der Waals surface area (Å²) < 4.78 is 10.3. The van der Waals surface area contributed by atoms with Gasteiger partial charge in [-0.15, -0.1) is 12.4 Å². The molecule has 1 aromatic rings. The van der Waals surface area contributed by atoms with Crippen molar-refractivity contribution < 1.29 is 14.3 Å². The highest BCUT2D eigenvalue weighted by Crippen LogP contribution is 2.30. The summed E-state index contributed by atoms with van der Waals surface area (Å²) in [6.07, 6.45) is 1.48. The molecule has 0 fully saturated rings. The summed E-state index contributed by atoms with van der Waals surface area (Å²) in [4.78, 5) is 12.1. The van der Waals surface area contributed by atoms with Gasteiger partial charge in [-0.05, 0) is 25.5 Å². The van der Waals surface area contributed by atoms with Crippen LogP contribution in [0.25, 0.3) is 0 Å². The van der Waals surface area contributed by atoms with Gasteiger partial charge < -0.3 is 20.5 Å². The van der Waals surface area contributed by atoms with Crippen molar-refractivity contribution in [2.45, 2.75) is 32.2 Å². The number of ether oxygens (including phenoxy) is 2. The largest absolute Gasteiger partial charge is 0.493 e. The molecule has 114 valence electrons. The lowest BCUT2D eigenvalue weighted by Gasteiger charge is -2.23. The Morgan fingerprint density at radius 2 is 1.90 bits per heavy atom. The molecule has 0 saturated carbocycles. The van der Waals surface area contributed by atoms with Crippen LogP contribution in [0.4, 0.5) is 5.69 Å². The van der Waals surface area contributed by atoms with E-state index in [1.54, 1.807) is 39.3 Å². The molecular weight excluding hydrogens is 280 g/mol. The summed E-state index contributed by atoms with van der Waals surface area (Å²) in [7, 11) is 3.11. The minimum Gasteiger partial charge on any atom is -0.493 e. The van der Waals surface area contributed by atoms with Crippen molar-refractivity contribution in [3.8, 4) is 11.5 Å². The number of anilines is 1. The molecule has 1 amide bonds. The molecule has 5 nitrogen and oxygen atoms in total. The number of rotatable bonds is 6. The Labute approximate surface area is 126 Å². The van der Waals surface area contributed by atoms with Gasteiger partial charge in [0.1, 0.15) is 0 Å². The van der Waals surface area contributed by atoms with Gasteiger partial charge in [0.2, 0.25) is 5.91 Å². The van der Waals surface area contributed by atoms with Crippen LogP contribution in [0.1, 0.15) is 26.7 Å². The van der Waals surface area contributed by atoms with Gasteiger partial charge in [-0.3, -0.25) is 4.79 Å². The summed E-state index contributed by atoms with van der Waals surface area (Å²) in [5, 5.41) is 2.79. The normalized spacial score (nSPS) is 12.8. The molecule has 0 aliphatic heterocycles. The molecule has 0 aromatic heterocycles. The first-order valence-electron chi connectivity index (χ1n) is 6.27. The third-order valence-electron chi connectivity index (χ3n) is 2.93. The zero-order valence-corrected chi connectivity index (χ0v) is 13.2. The predicted octanol–water partition coefficient (Wildman–Crippen LogP) is 2.58. The van der Waals surface area contributed by atoms with E-state index in [0.717, 1.165) is 6.42 Å². The highest BCUT2D eigenvalue weighted by Gasteiger charge is 2.27. The molecule has 6 heteroatoms. The van der Waals surface area contributed by atoms with E-state index in [2.05, 4.69) is 5.32 Å². The van der Waals surface area contributed by atoms with Crippen molar-refractivity contribution in [3.05, 3.63) is 18.2 Å². The Morgan fingerprint density at radius 1 is 1.30 bits per heavy atom. The van der Waals surface area contributed by atoms with E-state index in [-0.39, 0.29) is 18.3 Å². The van der Waals surface area contributed by atoms with Crippen molar-refractivity contribution in [2.75, 3.05) is 19.5 Å². The number of benzene rings is 1. The zero-order chi connectivity index (χ0) is 14.5. The van der Waals surface area contributed by atoms with E-state index in [0.29, 0.717) is 23.6 Å². The number of hydrogen-bond acceptors (Lipinski definition) is 4. The first kappa shape index (κ1) is 18.5. The number of methoxy groups -OCH3 is 2. The highest BCUT2D eigenvalue weighted by atomic mass is 35.5. The zero-order valence-electron chi connectivity index (χ0n) is 12.4. The van der Waals surface area contributed by atoms with Crippen LogP contribution in [-0.2, 0) is 4.79 Å². The molecule has 0 heterocycles. The van der Waals surface area contributed by atoms with Crippen LogP contribution in [0.15, 0.2) is 18.2 Å². The summed E-state index contributed by atoms with van der Waals surface area (Å²) in [5.41, 5.74) is 5.74. The van der Waals surface area contributed by atoms with E-state index in [1.807, 2.05) is 6.92 Å². The quantitative estimate of drug-likeness (QED) is 0.847. The fourth-order valence-electron chi connectivity index (χ4n) is 1.82. The third-order valence-corrected chi connectivity index (χ3v) is 2.93. The van der Waals surface area contributed by atoms with Crippen molar-refractivity contribution in [1.82, 2.24) is 0 Å². The Hall–Kier alpha value is -1.46. The van der Waals surface area contributed by atoms with E-state index in [4.69, 9.17) is 15.2 Å². The van der Waals surface area contributed by atoms with Gasteiger partial charge in [0, 0.05) is 11.8 Å². The van der Waals surface area contributed by atoms with Crippen LogP contribution in [0.5, 0.6) is 11.5 Å². The number of carbonyl (C=O) groups excluding carboxylic acids is 1. The molecule has 0 aliphatic carbocycles. The minimum absolute atomic E-state index is 0. The first-order valence-corrected chi connectivity index (χ1v) is 6.27. The molecule has 3 N–H and O–H groups in total. The molecule has 1 rings (SSSR count). The van der Waals surface area contributed by atoms with Crippen molar-refractivity contribution in [1.29, 1.82) is 0 Å². The fourth-order valence-corrected chi connectivity index (χ4v) is 1.82. The van der Waals surface area contributed by atoms with Gasteiger partial charge in [-0.25, -0.2) is 0 Å². The molecule has 20 heavy (non-hydrogen) atoms. The monoisotopic (exact) mass is 302 g/mol. The third kappa shape index (κ3) is 4.58. The van der Waals surface area contributed by atoms with Crippen LogP contribution in [-0.4, -0.2) is 25.7 Å². The van der Waals surface area contributed by atoms with E-state index in [1.165, 1.54) is 0 Å². The summed E-state index contributed by atoms with van der Waals surface area (Å²) >= 11 is 0. The van der Waals surface area contributed by atoms with E-state index in [9.17, 15) is 4.79 Å². The first-order chi connectivity index (χ1) is 8.94. The molecular formula is C14H23ClN2O3. The lowest BCUT2D eigenvalue weighted by atomic mass is 9.96. The number of nitrogens with one attached hydrogen (secondary N) is 1. The topological polar surface area (TPSA) is 73.6 Å². The standard InChI is InChI=1S/C14H22N2O3.ClH/c1-5-8-14(2,15)13(17)16-10-6-7-11(18-3)12(9-10)19-4;/h6-7,9H,5,8,15H2,1-4H3,(H,16,17);1H. The Morgan fingerprint density at radius 3 is 2.40 bits per heavy atom. The molecule has 1 unspecified atom stereocenters. The van der Waals surface area contributed by atoms with Crippen LogP contribution in [0.3, 0.4) is 0 Å². The van der Waals surface area contributed by atoms with Gasteiger partial charge in [-0.1, -0.05) is 13.3 Å². The maximum atomic E-state index is 12.1. The second-order valence-electron chi connectivity index (χ2n) is 4.69. The lowest BCUT2D eigenvalue weighted by molar-refractivity contribution is -0.120. The lowest BCUT2D eigenvalue weighted by Crippen LogP contribution is -2.48. The van der Waals surface area contributed by atoms with Gasteiger partial charge >= 0.3 is 0 Å². The Balaban J connectivity index is 0.00000361. The molecule has 0 saturated heterocycles. The number of amides is 1.